The largest absolute Gasteiger partial charge is 0.336 e. The van der Waals surface area contributed by atoms with E-state index in [-0.39, 0.29) is 16.9 Å². The maximum absolute atomic E-state index is 13.0. The predicted octanol–water partition coefficient (Wildman–Crippen LogP) is 1.98. The van der Waals surface area contributed by atoms with Crippen molar-refractivity contribution < 1.29 is 4.79 Å². The van der Waals surface area contributed by atoms with Gasteiger partial charge in [0.1, 0.15) is 11.5 Å². The Morgan fingerprint density at radius 3 is 2.97 bits per heavy atom. The molecule has 0 aromatic carbocycles. The first-order chi connectivity index (χ1) is 14.1. The smallest absolute Gasteiger partial charge is 0.274 e. The number of aryl methyl sites for hydroxylation is 1. The molecule has 4 heterocycles. The number of likely N-dealkylation sites (tertiary alicyclic amines) is 1. The molecule has 8 nitrogen and oxygen atoms in total. The van der Waals surface area contributed by atoms with Crippen LogP contribution in [0, 0.1) is 6.92 Å². The Kier molecular flexibility index (Phi) is 4.08. The molecule has 1 atom stereocenters. The standard InChI is InChI=1S/C21H22N6O2/c1-13-10-16(26-25-13)20(29)27-9-3-6-21(12-27)7-5-15-17(21)23-18(24-19(15)28)14-4-2-8-22-11-14/h2,4,8,10-11H,3,5-7,9,12H2,1H3,(H,25,26)(H,23,24,28). The second-order valence-corrected chi connectivity index (χ2v) is 8.03. The summed E-state index contributed by atoms with van der Waals surface area (Å²) in [6.07, 6.45) is 6.71. The summed E-state index contributed by atoms with van der Waals surface area (Å²) in [4.78, 5) is 39.5. The number of hydrogen-bond acceptors (Lipinski definition) is 5. The van der Waals surface area contributed by atoms with Crippen LogP contribution >= 0.6 is 0 Å². The van der Waals surface area contributed by atoms with E-state index in [1.165, 1.54) is 0 Å². The van der Waals surface area contributed by atoms with Crippen molar-refractivity contribution in [3.8, 4) is 11.4 Å². The van der Waals surface area contributed by atoms with E-state index in [9.17, 15) is 9.59 Å². The molecule has 1 spiro atoms. The van der Waals surface area contributed by atoms with E-state index in [2.05, 4.69) is 20.2 Å². The molecular formula is C21H22N6O2. The number of carbonyl (C=O) groups excluding carboxylic acids is 1. The van der Waals surface area contributed by atoms with Crippen LogP contribution < -0.4 is 5.56 Å². The van der Waals surface area contributed by atoms with E-state index in [4.69, 9.17) is 4.98 Å². The highest BCUT2D eigenvalue weighted by Gasteiger charge is 2.46. The molecule has 8 heteroatoms. The molecule has 2 aliphatic rings. The number of nitrogens with zero attached hydrogens (tertiary/aromatic N) is 4. The van der Waals surface area contributed by atoms with Gasteiger partial charge in [-0.1, -0.05) is 0 Å². The third kappa shape index (κ3) is 2.95. The lowest BCUT2D eigenvalue weighted by molar-refractivity contribution is 0.0627. The average molecular weight is 390 g/mol. The average Bonchev–Trinajstić information content (AvgIpc) is 3.33. The molecule has 3 aromatic heterocycles. The Balaban J connectivity index is 1.52. The first-order valence-corrected chi connectivity index (χ1v) is 9.91. The fourth-order valence-electron chi connectivity index (χ4n) is 4.68. The summed E-state index contributed by atoms with van der Waals surface area (Å²) in [6, 6.07) is 5.48. The maximum atomic E-state index is 13.0. The van der Waals surface area contributed by atoms with Crippen molar-refractivity contribution >= 4 is 5.91 Å². The molecule has 3 aromatic rings. The van der Waals surface area contributed by atoms with Gasteiger partial charge in [-0.15, -0.1) is 0 Å². The van der Waals surface area contributed by atoms with Crippen molar-refractivity contribution in [2.24, 2.45) is 0 Å². The lowest BCUT2D eigenvalue weighted by Gasteiger charge is -2.40. The predicted molar refractivity (Wildman–Crippen MR) is 107 cm³/mol. The van der Waals surface area contributed by atoms with Gasteiger partial charge < -0.3 is 9.88 Å². The molecule has 0 saturated carbocycles. The zero-order chi connectivity index (χ0) is 20.0. The van der Waals surface area contributed by atoms with Crippen molar-refractivity contribution in [3.63, 3.8) is 0 Å². The number of aromatic amines is 2. The highest BCUT2D eigenvalue weighted by Crippen LogP contribution is 2.43. The summed E-state index contributed by atoms with van der Waals surface area (Å²) < 4.78 is 0. The number of fused-ring (bicyclic) bond motifs is 2. The zero-order valence-electron chi connectivity index (χ0n) is 16.2. The topological polar surface area (TPSA) is 108 Å². The highest BCUT2D eigenvalue weighted by molar-refractivity contribution is 5.92. The Hall–Kier alpha value is -3.29. The maximum Gasteiger partial charge on any atom is 0.274 e. The third-order valence-electron chi connectivity index (χ3n) is 6.10. The fraction of sp³-hybridized carbons (Fsp3) is 0.381. The lowest BCUT2D eigenvalue weighted by atomic mass is 9.77. The van der Waals surface area contributed by atoms with Crippen LogP contribution in [-0.4, -0.2) is 49.0 Å². The van der Waals surface area contributed by atoms with Crippen LogP contribution in [0.25, 0.3) is 11.4 Å². The van der Waals surface area contributed by atoms with Crippen LogP contribution in [0.5, 0.6) is 0 Å². The number of piperidine rings is 1. The Labute approximate surface area is 167 Å². The summed E-state index contributed by atoms with van der Waals surface area (Å²) in [5.41, 5.74) is 3.31. The van der Waals surface area contributed by atoms with E-state index in [1.807, 2.05) is 24.0 Å². The van der Waals surface area contributed by atoms with Gasteiger partial charge in [0.15, 0.2) is 0 Å². The minimum absolute atomic E-state index is 0.0702. The van der Waals surface area contributed by atoms with Crippen LogP contribution in [-0.2, 0) is 11.8 Å². The zero-order valence-corrected chi connectivity index (χ0v) is 16.2. The van der Waals surface area contributed by atoms with Gasteiger partial charge in [0.25, 0.3) is 11.5 Å². The highest BCUT2D eigenvalue weighted by atomic mass is 16.2. The molecular weight excluding hydrogens is 368 g/mol. The normalized spacial score (nSPS) is 20.8. The number of nitrogens with one attached hydrogen (secondary N) is 2. The molecule has 5 rings (SSSR count). The molecule has 0 bridgehead atoms. The molecule has 0 radical (unpaired) electrons. The van der Waals surface area contributed by atoms with Gasteiger partial charge in [0.2, 0.25) is 0 Å². The summed E-state index contributed by atoms with van der Waals surface area (Å²) in [7, 11) is 0. The van der Waals surface area contributed by atoms with Crippen LogP contribution in [0.15, 0.2) is 35.4 Å². The summed E-state index contributed by atoms with van der Waals surface area (Å²) in [6.45, 7) is 3.14. The van der Waals surface area contributed by atoms with Crippen LogP contribution in [0.1, 0.15) is 46.7 Å². The summed E-state index contributed by atoms with van der Waals surface area (Å²) in [5, 5.41) is 6.96. The lowest BCUT2D eigenvalue weighted by Crippen LogP contribution is -2.48. The number of aromatic nitrogens is 5. The SMILES string of the molecule is Cc1cc(C(=O)N2CCCC3(CCc4c3nc(-c3cccnc3)[nH]c4=O)C2)n[nH]1. The third-order valence-corrected chi connectivity index (χ3v) is 6.10. The van der Waals surface area contributed by atoms with Gasteiger partial charge in [0.05, 0.1) is 5.69 Å². The minimum Gasteiger partial charge on any atom is -0.336 e. The molecule has 1 amide bonds. The molecule has 2 N–H and O–H groups in total. The Bertz CT molecular complexity index is 1140. The molecule has 1 unspecified atom stereocenters. The Morgan fingerprint density at radius 2 is 2.21 bits per heavy atom. The molecule has 1 fully saturated rings. The van der Waals surface area contributed by atoms with E-state index >= 15 is 0 Å². The molecule has 29 heavy (non-hydrogen) atoms. The van der Waals surface area contributed by atoms with E-state index in [0.29, 0.717) is 31.0 Å². The number of H-pyrrole nitrogens is 2. The van der Waals surface area contributed by atoms with Gasteiger partial charge in [-0.25, -0.2) is 4.98 Å². The first-order valence-electron chi connectivity index (χ1n) is 9.91. The number of hydrogen-bond donors (Lipinski definition) is 2. The van der Waals surface area contributed by atoms with Crippen molar-refractivity contribution in [2.75, 3.05) is 13.1 Å². The summed E-state index contributed by atoms with van der Waals surface area (Å²) in [5.74, 6) is 0.466. The number of amides is 1. The monoisotopic (exact) mass is 390 g/mol. The van der Waals surface area contributed by atoms with Crippen LogP contribution in [0.3, 0.4) is 0 Å². The Morgan fingerprint density at radius 1 is 1.31 bits per heavy atom. The van der Waals surface area contributed by atoms with E-state index in [0.717, 1.165) is 41.8 Å². The van der Waals surface area contributed by atoms with Gasteiger partial charge in [-0.3, -0.25) is 19.7 Å². The van der Waals surface area contributed by atoms with Crippen molar-refractivity contribution in [1.29, 1.82) is 0 Å². The number of rotatable bonds is 2. The van der Waals surface area contributed by atoms with Gasteiger partial charge in [-0.05, 0) is 50.8 Å². The first kappa shape index (κ1) is 17.8. The quantitative estimate of drug-likeness (QED) is 0.696. The second kappa shape index (κ2) is 6.65. The second-order valence-electron chi connectivity index (χ2n) is 8.03. The number of pyridine rings is 1. The van der Waals surface area contributed by atoms with Crippen LogP contribution in [0.4, 0.5) is 0 Å². The summed E-state index contributed by atoms with van der Waals surface area (Å²) >= 11 is 0. The molecule has 1 saturated heterocycles. The fourth-order valence-corrected chi connectivity index (χ4v) is 4.68. The van der Waals surface area contributed by atoms with E-state index < -0.39 is 0 Å². The van der Waals surface area contributed by atoms with Crippen molar-refractivity contribution in [2.45, 2.75) is 38.0 Å². The van der Waals surface area contributed by atoms with Crippen molar-refractivity contribution in [3.05, 3.63) is 63.6 Å². The molecule has 148 valence electrons. The number of carbonyl (C=O) groups is 1. The van der Waals surface area contributed by atoms with Gasteiger partial charge in [0, 0.05) is 47.7 Å². The van der Waals surface area contributed by atoms with Crippen LogP contribution in [0.2, 0.25) is 0 Å². The van der Waals surface area contributed by atoms with Gasteiger partial charge in [-0.2, -0.15) is 5.10 Å². The van der Waals surface area contributed by atoms with Gasteiger partial charge >= 0.3 is 0 Å². The van der Waals surface area contributed by atoms with Crippen molar-refractivity contribution in [1.82, 2.24) is 30.0 Å². The molecule has 1 aliphatic carbocycles. The van der Waals surface area contributed by atoms with E-state index in [1.54, 1.807) is 18.5 Å². The molecule has 1 aliphatic heterocycles. The minimum atomic E-state index is -0.278.